The predicted molar refractivity (Wildman–Crippen MR) is 78.3 cm³/mol. The molecule has 0 radical (unpaired) electrons. The van der Waals surface area contributed by atoms with Gasteiger partial charge in [0.25, 0.3) is 0 Å². The van der Waals surface area contributed by atoms with Crippen LogP contribution in [0.25, 0.3) is 0 Å². The third-order valence-electron chi connectivity index (χ3n) is 3.85. The summed E-state index contributed by atoms with van der Waals surface area (Å²) in [5.74, 6) is 1.66. The van der Waals surface area contributed by atoms with Crippen molar-refractivity contribution >= 4 is 0 Å². The Balaban J connectivity index is 2.43. The van der Waals surface area contributed by atoms with Crippen molar-refractivity contribution in [2.75, 3.05) is 40.5 Å². The van der Waals surface area contributed by atoms with E-state index in [1.54, 1.807) is 14.2 Å². The van der Waals surface area contributed by atoms with E-state index in [-0.39, 0.29) is 12.1 Å². The van der Waals surface area contributed by atoms with Gasteiger partial charge in [-0.2, -0.15) is 0 Å². The van der Waals surface area contributed by atoms with Crippen molar-refractivity contribution in [1.82, 2.24) is 4.90 Å². The summed E-state index contributed by atoms with van der Waals surface area (Å²) in [7, 11) is 3.35. The van der Waals surface area contributed by atoms with E-state index in [0.29, 0.717) is 6.54 Å². The van der Waals surface area contributed by atoms with E-state index in [2.05, 4.69) is 11.8 Å². The SMILES string of the molecule is CCN1CCOC(CN)C1c1cc(OC)ccc1OC. The second kappa shape index (κ2) is 6.92. The molecule has 0 bridgehead atoms. The Labute approximate surface area is 120 Å². The Morgan fingerprint density at radius 2 is 2.15 bits per heavy atom. The van der Waals surface area contributed by atoms with Crippen molar-refractivity contribution in [1.29, 1.82) is 0 Å². The molecule has 0 spiro atoms. The van der Waals surface area contributed by atoms with Gasteiger partial charge in [0, 0.05) is 18.7 Å². The summed E-state index contributed by atoms with van der Waals surface area (Å²) in [6.07, 6.45) is -0.0234. The van der Waals surface area contributed by atoms with E-state index in [4.69, 9.17) is 19.9 Å². The van der Waals surface area contributed by atoms with Crippen LogP contribution in [-0.4, -0.2) is 51.5 Å². The molecule has 1 aliphatic rings. The highest BCUT2D eigenvalue weighted by Crippen LogP contribution is 2.37. The van der Waals surface area contributed by atoms with Crippen molar-refractivity contribution in [2.45, 2.75) is 19.1 Å². The fourth-order valence-electron chi connectivity index (χ4n) is 2.81. The highest BCUT2D eigenvalue weighted by Gasteiger charge is 2.34. The lowest BCUT2D eigenvalue weighted by atomic mass is 9.96. The number of methoxy groups -OCH3 is 2. The molecule has 2 rings (SSSR count). The number of nitrogens with two attached hydrogens (primary N) is 1. The van der Waals surface area contributed by atoms with E-state index < -0.39 is 0 Å². The molecule has 0 aromatic heterocycles. The minimum Gasteiger partial charge on any atom is -0.497 e. The van der Waals surface area contributed by atoms with Crippen LogP contribution in [-0.2, 0) is 4.74 Å². The Morgan fingerprint density at radius 3 is 2.75 bits per heavy atom. The monoisotopic (exact) mass is 280 g/mol. The summed E-state index contributed by atoms with van der Waals surface area (Å²) in [5.41, 5.74) is 6.96. The average molecular weight is 280 g/mol. The van der Waals surface area contributed by atoms with Gasteiger partial charge in [0.05, 0.1) is 33.0 Å². The molecule has 5 heteroatoms. The number of morpholine rings is 1. The third-order valence-corrected chi connectivity index (χ3v) is 3.85. The van der Waals surface area contributed by atoms with E-state index in [1.807, 2.05) is 18.2 Å². The van der Waals surface area contributed by atoms with E-state index in [9.17, 15) is 0 Å². The molecular formula is C15H24N2O3. The normalized spacial score (nSPS) is 23.6. The molecule has 2 unspecified atom stereocenters. The van der Waals surface area contributed by atoms with E-state index in [0.717, 1.165) is 36.8 Å². The Kier molecular flexibility index (Phi) is 5.23. The number of hydrogen-bond acceptors (Lipinski definition) is 5. The number of ether oxygens (including phenoxy) is 3. The largest absolute Gasteiger partial charge is 0.497 e. The van der Waals surface area contributed by atoms with Gasteiger partial charge in [-0.25, -0.2) is 0 Å². The lowest BCUT2D eigenvalue weighted by Crippen LogP contribution is -2.48. The van der Waals surface area contributed by atoms with Crippen LogP contribution >= 0.6 is 0 Å². The summed E-state index contributed by atoms with van der Waals surface area (Å²) >= 11 is 0. The standard InChI is InChI=1S/C15H24N2O3/c1-4-17-7-8-20-14(10-16)15(17)12-9-11(18-2)5-6-13(12)19-3/h5-6,9,14-15H,4,7-8,10,16H2,1-3H3. The zero-order chi connectivity index (χ0) is 14.5. The zero-order valence-electron chi connectivity index (χ0n) is 12.5. The minimum atomic E-state index is -0.0234. The molecule has 1 aliphatic heterocycles. The van der Waals surface area contributed by atoms with Crippen LogP contribution in [0.3, 0.4) is 0 Å². The van der Waals surface area contributed by atoms with Crippen LogP contribution in [0.4, 0.5) is 0 Å². The van der Waals surface area contributed by atoms with Crippen LogP contribution < -0.4 is 15.2 Å². The minimum absolute atomic E-state index is 0.0234. The first-order valence-corrected chi connectivity index (χ1v) is 7.02. The van der Waals surface area contributed by atoms with Crippen LogP contribution in [0.15, 0.2) is 18.2 Å². The van der Waals surface area contributed by atoms with Crippen molar-refractivity contribution in [3.63, 3.8) is 0 Å². The highest BCUT2D eigenvalue weighted by atomic mass is 16.5. The number of nitrogens with zero attached hydrogens (tertiary/aromatic N) is 1. The Morgan fingerprint density at radius 1 is 1.35 bits per heavy atom. The van der Waals surface area contributed by atoms with E-state index in [1.165, 1.54) is 0 Å². The maximum absolute atomic E-state index is 5.89. The van der Waals surface area contributed by atoms with Gasteiger partial charge in [0.1, 0.15) is 11.5 Å². The van der Waals surface area contributed by atoms with Crippen molar-refractivity contribution in [3.05, 3.63) is 23.8 Å². The molecule has 1 saturated heterocycles. The summed E-state index contributed by atoms with van der Waals surface area (Å²) in [5, 5.41) is 0. The van der Waals surface area contributed by atoms with Gasteiger partial charge in [-0.05, 0) is 24.7 Å². The van der Waals surface area contributed by atoms with Crippen LogP contribution in [0, 0.1) is 0 Å². The van der Waals surface area contributed by atoms with E-state index >= 15 is 0 Å². The van der Waals surface area contributed by atoms with Crippen LogP contribution in [0.5, 0.6) is 11.5 Å². The number of rotatable bonds is 5. The van der Waals surface area contributed by atoms with Gasteiger partial charge in [0.2, 0.25) is 0 Å². The smallest absolute Gasteiger partial charge is 0.124 e. The topological polar surface area (TPSA) is 57.0 Å². The summed E-state index contributed by atoms with van der Waals surface area (Å²) in [4.78, 5) is 2.37. The van der Waals surface area contributed by atoms with Gasteiger partial charge < -0.3 is 19.9 Å². The third kappa shape index (κ3) is 2.90. The molecule has 2 N–H and O–H groups in total. The predicted octanol–water partition coefficient (Wildman–Crippen LogP) is 1.42. The first kappa shape index (κ1) is 15.1. The molecule has 5 nitrogen and oxygen atoms in total. The quantitative estimate of drug-likeness (QED) is 0.884. The first-order chi connectivity index (χ1) is 9.74. The fourth-order valence-corrected chi connectivity index (χ4v) is 2.81. The second-order valence-corrected chi connectivity index (χ2v) is 4.83. The molecule has 1 aromatic carbocycles. The molecule has 1 heterocycles. The molecule has 0 saturated carbocycles. The van der Waals surface area contributed by atoms with Gasteiger partial charge in [-0.15, -0.1) is 0 Å². The molecule has 0 aliphatic carbocycles. The lowest BCUT2D eigenvalue weighted by molar-refractivity contribution is -0.0664. The summed E-state index contributed by atoms with van der Waals surface area (Å²) in [6.45, 7) is 5.21. The Hall–Kier alpha value is -1.30. The summed E-state index contributed by atoms with van der Waals surface area (Å²) in [6, 6.07) is 5.96. The maximum Gasteiger partial charge on any atom is 0.124 e. The van der Waals surface area contributed by atoms with Gasteiger partial charge in [-0.1, -0.05) is 6.92 Å². The zero-order valence-corrected chi connectivity index (χ0v) is 12.5. The number of hydrogen-bond donors (Lipinski definition) is 1. The van der Waals surface area contributed by atoms with Gasteiger partial charge in [0.15, 0.2) is 0 Å². The molecule has 1 aromatic rings. The average Bonchev–Trinajstić information content (AvgIpc) is 2.53. The molecule has 20 heavy (non-hydrogen) atoms. The molecule has 1 fully saturated rings. The highest BCUT2D eigenvalue weighted by molar-refractivity contribution is 5.43. The van der Waals surface area contributed by atoms with Gasteiger partial charge >= 0.3 is 0 Å². The molecule has 2 atom stereocenters. The van der Waals surface area contributed by atoms with Crippen molar-refractivity contribution < 1.29 is 14.2 Å². The van der Waals surface area contributed by atoms with Gasteiger partial charge in [-0.3, -0.25) is 4.90 Å². The van der Waals surface area contributed by atoms with Crippen LogP contribution in [0.2, 0.25) is 0 Å². The van der Waals surface area contributed by atoms with Crippen molar-refractivity contribution in [3.8, 4) is 11.5 Å². The fraction of sp³-hybridized carbons (Fsp3) is 0.600. The molecule has 112 valence electrons. The second-order valence-electron chi connectivity index (χ2n) is 4.83. The summed E-state index contributed by atoms with van der Waals surface area (Å²) < 4.78 is 16.7. The maximum atomic E-state index is 5.89. The molecule has 0 amide bonds. The number of likely N-dealkylation sites (N-methyl/N-ethyl adjacent to an activating group) is 1. The number of benzene rings is 1. The lowest BCUT2D eigenvalue weighted by Gasteiger charge is -2.41. The first-order valence-electron chi connectivity index (χ1n) is 7.02. The molecular weight excluding hydrogens is 256 g/mol. The Bertz CT molecular complexity index is 427. The van der Waals surface area contributed by atoms with Crippen LogP contribution in [0.1, 0.15) is 18.5 Å². The van der Waals surface area contributed by atoms with Crippen molar-refractivity contribution in [2.24, 2.45) is 5.73 Å².